The number of fused-ring (bicyclic) bond motifs is 1. The van der Waals surface area contributed by atoms with Crippen LogP contribution in [0.1, 0.15) is 20.3 Å². The third-order valence-electron chi connectivity index (χ3n) is 2.57. The zero-order valence-corrected chi connectivity index (χ0v) is 12.5. The summed E-state index contributed by atoms with van der Waals surface area (Å²) in [5.41, 5.74) is 6.80. The van der Waals surface area contributed by atoms with Gasteiger partial charge < -0.3 is 11.1 Å². The number of anilines is 1. The first-order valence-electron chi connectivity index (χ1n) is 5.98. The Labute approximate surface area is 120 Å². The van der Waals surface area contributed by atoms with Crippen LogP contribution in [0.15, 0.2) is 34.9 Å². The number of para-hydroxylation sites is 1. The highest BCUT2D eigenvalue weighted by Crippen LogP contribution is 2.24. The Hall–Kier alpha value is -1.46. The van der Waals surface area contributed by atoms with Crippen LogP contribution in [0, 0.1) is 0 Å². The predicted octanol–water partition coefficient (Wildman–Crippen LogP) is 3.06. The van der Waals surface area contributed by atoms with Crippen LogP contribution in [0.5, 0.6) is 0 Å². The van der Waals surface area contributed by atoms with E-state index in [-0.39, 0.29) is 12.3 Å². The van der Waals surface area contributed by atoms with Crippen LogP contribution in [-0.2, 0) is 4.79 Å². The molecule has 0 saturated heterocycles. The van der Waals surface area contributed by atoms with Gasteiger partial charge in [-0.05, 0) is 41.9 Å². The largest absolute Gasteiger partial charge is 0.325 e. The van der Waals surface area contributed by atoms with Crippen LogP contribution in [0.4, 0.5) is 5.69 Å². The molecule has 1 aromatic carbocycles. The number of nitrogens with zero attached hydrogens (tertiary/aromatic N) is 1. The van der Waals surface area contributed by atoms with Crippen molar-refractivity contribution in [2.75, 3.05) is 5.32 Å². The van der Waals surface area contributed by atoms with E-state index in [9.17, 15) is 4.79 Å². The molecule has 0 aliphatic heterocycles. The van der Waals surface area contributed by atoms with E-state index in [2.05, 4.69) is 26.2 Å². The quantitative estimate of drug-likeness (QED) is 0.912. The molecule has 0 bridgehead atoms. The Morgan fingerprint density at radius 2 is 2.21 bits per heavy atom. The monoisotopic (exact) mass is 321 g/mol. The summed E-state index contributed by atoms with van der Waals surface area (Å²) in [5.74, 6) is -0.107. The molecule has 0 aliphatic rings. The van der Waals surface area contributed by atoms with E-state index >= 15 is 0 Å². The van der Waals surface area contributed by atoms with Crippen LogP contribution in [-0.4, -0.2) is 16.4 Å². The third-order valence-corrected chi connectivity index (χ3v) is 3.00. The van der Waals surface area contributed by atoms with Gasteiger partial charge in [0, 0.05) is 28.0 Å². The van der Waals surface area contributed by atoms with E-state index in [1.807, 2.05) is 38.1 Å². The van der Waals surface area contributed by atoms with Crippen LogP contribution >= 0.6 is 15.9 Å². The van der Waals surface area contributed by atoms with Gasteiger partial charge in [-0.3, -0.25) is 9.78 Å². The van der Waals surface area contributed by atoms with Gasteiger partial charge >= 0.3 is 0 Å². The minimum atomic E-state index is -0.523. The lowest BCUT2D eigenvalue weighted by molar-refractivity contribution is -0.117. The fourth-order valence-corrected chi connectivity index (χ4v) is 2.19. The number of aromatic nitrogens is 1. The summed E-state index contributed by atoms with van der Waals surface area (Å²) in [5, 5.41) is 3.84. The van der Waals surface area contributed by atoms with Crippen LogP contribution in [0.3, 0.4) is 0 Å². The zero-order chi connectivity index (χ0) is 14.0. The lowest BCUT2D eigenvalue weighted by Crippen LogP contribution is -2.36. The van der Waals surface area contributed by atoms with Gasteiger partial charge in [-0.1, -0.05) is 12.1 Å². The van der Waals surface area contributed by atoms with E-state index in [0.29, 0.717) is 5.69 Å². The van der Waals surface area contributed by atoms with Gasteiger partial charge in [0.2, 0.25) is 5.91 Å². The molecule has 3 N–H and O–H groups in total. The summed E-state index contributed by atoms with van der Waals surface area (Å²) in [6.45, 7) is 3.65. The Kier molecular flexibility index (Phi) is 3.87. The molecule has 100 valence electrons. The Bertz CT molecular complexity index is 620. The molecule has 5 heteroatoms. The number of halogens is 1. The smallest absolute Gasteiger partial charge is 0.226 e. The lowest BCUT2D eigenvalue weighted by Gasteiger charge is -2.17. The fraction of sp³-hybridized carbons (Fsp3) is 0.286. The van der Waals surface area contributed by atoms with Gasteiger partial charge in [0.15, 0.2) is 0 Å². The number of amides is 1. The molecule has 0 aliphatic carbocycles. The van der Waals surface area contributed by atoms with Crippen molar-refractivity contribution >= 4 is 38.4 Å². The van der Waals surface area contributed by atoms with E-state index < -0.39 is 5.54 Å². The maximum Gasteiger partial charge on any atom is 0.226 e. The molecule has 1 amide bonds. The summed E-state index contributed by atoms with van der Waals surface area (Å²) in [6, 6.07) is 7.64. The number of nitrogens with one attached hydrogen (secondary N) is 1. The normalized spacial score (nSPS) is 11.6. The first-order chi connectivity index (χ1) is 8.85. The van der Waals surface area contributed by atoms with Crippen LogP contribution < -0.4 is 11.1 Å². The Morgan fingerprint density at radius 3 is 2.89 bits per heavy atom. The van der Waals surface area contributed by atoms with Crippen molar-refractivity contribution in [3.63, 3.8) is 0 Å². The number of rotatable bonds is 3. The summed E-state index contributed by atoms with van der Waals surface area (Å²) >= 11 is 3.38. The van der Waals surface area contributed by atoms with E-state index in [1.165, 1.54) is 0 Å². The maximum atomic E-state index is 11.9. The molecule has 0 atom stereocenters. The molecular formula is C14H16BrN3O. The molecule has 2 aromatic rings. The number of pyridine rings is 1. The highest BCUT2D eigenvalue weighted by Gasteiger charge is 2.17. The average molecular weight is 322 g/mol. The van der Waals surface area contributed by atoms with Crippen molar-refractivity contribution in [3.05, 3.63) is 34.9 Å². The Balaban J connectivity index is 2.28. The average Bonchev–Trinajstić information content (AvgIpc) is 2.26. The lowest BCUT2D eigenvalue weighted by atomic mass is 10.0. The Morgan fingerprint density at radius 1 is 1.47 bits per heavy atom. The van der Waals surface area contributed by atoms with Gasteiger partial charge in [-0.15, -0.1) is 0 Å². The third kappa shape index (κ3) is 3.75. The van der Waals surface area contributed by atoms with Gasteiger partial charge in [0.1, 0.15) is 0 Å². The van der Waals surface area contributed by atoms with Crippen LogP contribution in [0.2, 0.25) is 0 Å². The van der Waals surface area contributed by atoms with Crippen molar-refractivity contribution in [3.8, 4) is 0 Å². The SMILES string of the molecule is CC(C)(N)CC(=O)Nc1cccc2cc(Br)cnc12. The first kappa shape index (κ1) is 14.0. The van der Waals surface area contributed by atoms with Crippen molar-refractivity contribution in [1.82, 2.24) is 4.98 Å². The van der Waals surface area contributed by atoms with Gasteiger partial charge in [0.05, 0.1) is 11.2 Å². The molecule has 2 rings (SSSR count). The first-order valence-corrected chi connectivity index (χ1v) is 6.77. The topological polar surface area (TPSA) is 68.0 Å². The van der Waals surface area contributed by atoms with Gasteiger partial charge in [-0.2, -0.15) is 0 Å². The van der Waals surface area contributed by atoms with Crippen molar-refractivity contribution < 1.29 is 4.79 Å². The molecular weight excluding hydrogens is 306 g/mol. The summed E-state index contributed by atoms with van der Waals surface area (Å²) in [4.78, 5) is 16.2. The predicted molar refractivity (Wildman–Crippen MR) is 81.0 cm³/mol. The van der Waals surface area contributed by atoms with E-state index in [0.717, 1.165) is 15.4 Å². The summed E-state index contributed by atoms with van der Waals surface area (Å²) < 4.78 is 0.909. The van der Waals surface area contributed by atoms with E-state index in [4.69, 9.17) is 5.73 Å². The molecule has 0 spiro atoms. The molecule has 0 unspecified atom stereocenters. The minimum absolute atomic E-state index is 0.107. The number of hydrogen-bond donors (Lipinski definition) is 2. The van der Waals surface area contributed by atoms with E-state index in [1.54, 1.807) is 6.20 Å². The second-order valence-electron chi connectivity index (χ2n) is 5.24. The molecule has 0 radical (unpaired) electrons. The summed E-state index contributed by atoms with van der Waals surface area (Å²) in [6.07, 6.45) is 1.98. The zero-order valence-electron chi connectivity index (χ0n) is 10.9. The van der Waals surface area contributed by atoms with Gasteiger partial charge in [-0.25, -0.2) is 0 Å². The number of nitrogens with two attached hydrogens (primary N) is 1. The highest BCUT2D eigenvalue weighted by molar-refractivity contribution is 9.10. The summed E-state index contributed by atoms with van der Waals surface area (Å²) in [7, 11) is 0. The fourth-order valence-electron chi connectivity index (χ4n) is 1.84. The standard InChI is InChI=1S/C14H16BrN3O/c1-14(2,16)7-12(19)18-11-5-3-4-9-6-10(15)8-17-13(9)11/h3-6,8H,7,16H2,1-2H3,(H,18,19). The second kappa shape index (κ2) is 5.27. The van der Waals surface area contributed by atoms with Crippen LogP contribution in [0.25, 0.3) is 10.9 Å². The number of hydrogen-bond acceptors (Lipinski definition) is 3. The van der Waals surface area contributed by atoms with Gasteiger partial charge in [0.25, 0.3) is 0 Å². The molecule has 1 heterocycles. The molecule has 19 heavy (non-hydrogen) atoms. The second-order valence-corrected chi connectivity index (χ2v) is 6.16. The molecule has 0 saturated carbocycles. The van der Waals surface area contributed by atoms with Crippen molar-refractivity contribution in [2.45, 2.75) is 25.8 Å². The van der Waals surface area contributed by atoms with Crippen molar-refractivity contribution in [2.24, 2.45) is 5.73 Å². The number of carbonyl (C=O) groups excluding carboxylic acids is 1. The maximum absolute atomic E-state index is 11.9. The minimum Gasteiger partial charge on any atom is -0.325 e. The molecule has 0 fully saturated rings. The molecule has 1 aromatic heterocycles. The highest BCUT2D eigenvalue weighted by atomic mass is 79.9. The molecule has 4 nitrogen and oxygen atoms in total. The number of benzene rings is 1. The van der Waals surface area contributed by atoms with Crippen molar-refractivity contribution in [1.29, 1.82) is 0 Å². The number of carbonyl (C=O) groups is 1.